The van der Waals surface area contributed by atoms with E-state index in [1.54, 1.807) is 36.4 Å². The van der Waals surface area contributed by atoms with Crippen LogP contribution in [-0.2, 0) is 0 Å². The highest BCUT2D eigenvalue weighted by atomic mass is 35.5. The number of hydrogen-bond donors (Lipinski definition) is 2. The van der Waals surface area contributed by atoms with E-state index in [0.717, 1.165) is 11.3 Å². The molecule has 120 valence electrons. The summed E-state index contributed by atoms with van der Waals surface area (Å²) in [5.74, 6) is 0.728. The fraction of sp³-hybridized carbons (Fsp3) is 0.0556. The lowest BCUT2D eigenvalue weighted by atomic mass is 10.2. The predicted octanol–water partition coefficient (Wildman–Crippen LogP) is 4.43. The zero-order valence-corrected chi connectivity index (χ0v) is 13.7. The van der Waals surface area contributed by atoms with Crippen molar-refractivity contribution in [1.82, 2.24) is 10.2 Å². The van der Waals surface area contributed by atoms with Crippen molar-refractivity contribution in [3.05, 3.63) is 76.8 Å². The normalized spacial score (nSPS) is 10.2. The van der Waals surface area contributed by atoms with E-state index in [-0.39, 0.29) is 5.91 Å². The number of hydrogen-bond acceptors (Lipinski definition) is 4. The molecule has 0 saturated carbocycles. The highest BCUT2D eigenvalue weighted by molar-refractivity contribution is 6.30. The number of carbonyl (C=O) groups excluding carboxylic acids is 1. The first-order valence-corrected chi connectivity index (χ1v) is 7.73. The summed E-state index contributed by atoms with van der Waals surface area (Å²) in [7, 11) is 0. The molecule has 0 saturated heterocycles. The summed E-state index contributed by atoms with van der Waals surface area (Å²) in [5, 5.41) is 14.6. The van der Waals surface area contributed by atoms with Crippen molar-refractivity contribution in [2.45, 2.75) is 6.92 Å². The Balaban J connectivity index is 1.69. The lowest BCUT2D eigenvalue weighted by molar-refractivity contribution is 0.102. The van der Waals surface area contributed by atoms with Crippen molar-refractivity contribution >= 4 is 34.8 Å². The molecule has 6 heteroatoms. The second-order valence-corrected chi connectivity index (χ2v) is 5.64. The molecule has 0 radical (unpaired) electrons. The molecule has 3 aromatic rings. The van der Waals surface area contributed by atoms with Crippen molar-refractivity contribution < 1.29 is 4.79 Å². The van der Waals surface area contributed by atoms with Gasteiger partial charge in [-0.1, -0.05) is 35.9 Å². The summed E-state index contributed by atoms with van der Waals surface area (Å²) in [5.41, 5.74) is 2.47. The summed E-state index contributed by atoms with van der Waals surface area (Å²) in [6.07, 6.45) is 0. The zero-order valence-electron chi connectivity index (χ0n) is 13.0. The molecule has 0 atom stereocenters. The molecule has 2 aromatic carbocycles. The maximum atomic E-state index is 12.1. The van der Waals surface area contributed by atoms with Crippen LogP contribution >= 0.6 is 11.6 Å². The van der Waals surface area contributed by atoms with Crippen LogP contribution in [0.3, 0.4) is 0 Å². The summed E-state index contributed by atoms with van der Waals surface area (Å²) in [4.78, 5) is 12.1. The quantitative estimate of drug-likeness (QED) is 0.738. The molecule has 0 fully saturated rings. The topological polar surface area (TPSA) is 66.9 Å². The van der Waals surface area contributed by atoms with E-state index < -0.39 is 0 Å². The lowest BCUT2D eigenvalue weighted by Crippen LogP contribution is -2.13. The summed E-state index contributed by atoms with van der Waals surface area (Å²) >= 11 is 6.00. The summed E-state index contributed by atoms with van der Waals surface area (Å²) < 4.78 is 0. The number of aryl methyl sites for hydroxylation is 1. The number of amides is 1. The highest BCUT2D eigenvalue weighted by Crippen LogP contribution is 2.23. The number of nitrogens with zero attached hydrogens (tertiary/aromatic N) is 2. The van der Waals surface area contributed by atoms with E-state index in [4.69, 9.17) is 11.6 Å². The van der Waals surface area contributed by atoms with Crippen LogP contribution in [0.4, 0.5) is 17.3 Å². The summed E-state index contributed by atoms with van der Waals surface area (Å²) in [6.45, 7) is 1.97. The van der Waals surface area contributed by atoms with E-state index in [9.17, 15) is 4.79 Å². The van der Waals surface area contributed by atoms with Gasteiger partial charge in [0, 0.05) is 16.3 Å². The van der Waals surface area contributed by atoms with Crippen LogP contribution in [0.25, 0.3) is 0 Å². The van der Waals surface area contributed by atoms with Gasteiger partial charge in [0.15, 0.2) is 11.6 Å². The molecule has 1 amide bonds. The van der Waals surface area contributed by atoms with Crippen molar-refractivity contribution in [2.24, 2.45) is 0 Å². The van der Waals surface area contributed by atoms with Gasteiger partial charge in [0.25, 0.3) is 5.91 Å². The van der Waals surface area contributed by atoms with Crippen molar-refractivity contribution in [3.63, 3.8) is 0 Å². The molecule has 0 unspecified atom stereocenters. The Labute approximate surface area is 144 Å². The van der Waals surface area contributed by atoms with Gasteiger partial charge in [0.2, 0.25) is 0 Å². The molecule has 24 heavy (non-hydrogen) atoms. The van der Waals surface area contributed by atoms with Crippen molar-refractivity contribution in [3.8, 4) is 0 Å². The molecule has 0 spiro atoms. The Morgan fingerprint density at radius 2 is 1.67 bits per heavy atom. The fourth-order valence-electron chi connectivity index (χ4n) is 2.11. The van der Waals surface area contributed by atoms with Crippen LogP contribution < -0.4 is 10.6 Å². The van der Waals surface area contributed by atoms with Gasteiger partial charge in [-0.05, 0) is 48.9 Å². The Bertz CT molecular complexity index is 851. The number of carbonyl (C=O) groups is 1. The minimum atomic E-state index is -0.226. The summed E-state index contributed by atoms with van der Waals surface area (Å²) in [6, 6.07) is 18.0. The van der Waals surface area contributed by atoms with Gasteiger partial charge >= 0.3 is 0 Å². The van der Waals surface area contributed by atoms with Crippen LogP contribution in [0.2, 0.25) is 5.02 Å². The third-order valence-corrected chi connectivity index (χ3v) is 3.64. The Hall–Kier alpha value is -2.92. The van der Waals surface area contributed by atoms with Gasteiger partial charge < -0.3 is 10.6 Å². The van der Waals surface area contributed by atoms with E-state index in [0.29, 0.717) is 22.2 Å². The van der Waals surface area contributed by atoms with Gasteiger partial charge in [-0.3, -0.25) is 4.79 Å². The minimum Gasteiger partial charge on any atom is -0.338 e. The van der Waals surface area contributed by atoms with Gasteiger partial charge in [0.05, 0.1) is 0 Å². The first-order valence-electron chi connectivity index (χ1n) is 7.35. The van der Waals surface area contributed by atoms with Crippen LogP contribution in [0.1, 0.15) is 15.9 Å². The largest absolute Gasteiger partial charge is 0.338 e. The maximum absolute atomic E-state index is 12.1. The van der Waals surface area contributed by atoms with E-state index in [1.807, 2.05) is 31.2 Å². The third kappa shape index (κ3) is 3.88. The second kappa shape index (κ2) is 7.10. The first kappa shape index (κ1) is 16.0. The van der Waals surface area contributed by atoms with Crippen molar-refractivity contribution in [1.29, 1.82) is 0 Å². The van der Waals surface area contributed by atoms with Crippen LogP contribution in [0.15, 0.2) is 60.7 Å². The number of aromatic nitrogens is 2. The van der Waals surface area contributed by atoms with Crippen LogP contribution in [-0.4, -0.2) is 16.1 Å². The average molecular weight is 339 g/mol. The predicted molar refractivity (Wildman–Crippen MR) is 95.9 cm³/mol. The van der Waals surface area contributed by atoms with Crippen LogP contribution in [0, 0.1) is 6.92 Å². The van der Waals surface area contributed by atoms with E-state index in [1.165, 1.54) is 0 Å². The molecule has 2 N–H and O–H groups in total. The number of anilines is 3. The standard InChI is InChI=1S/C18H15ClN4O/c1-12-7-8-14(19)11-15(12)20-16-9-10-17(23-22-16)21-18(24)13-5-3-2-4-6-13/h2-11H,1H3,(H,20,22)(H,21,23,24). The molecule has 5 nitrogen and oxygen atoms in total. The highest BCUT2D eigenvalue weighted by Gasteiger charge is 2.07. The molecule has 0 aliphatic rings. The third-order valence-electron chi connectivity index (χ3n) is 3.40. The molecule has 1 aromatic heterocycles. The maximum Gasteiger partial charge on any atom is 0.256 e. The van der Waals surface area contributed by atoms with Crippen molar-refractivity contribution in [2.75, 3.05) is 10.6 Å². The molecule has 0 bridgehead atoms. The lowest BCUT2D eigenvalue weighted by Gasteiger charge is -2.09. The molecular formula is C18H15ClN4O. The van der Waals surface area contributed by atoms with Crippen LogP contribution in [0.5, 0.6) is 0 Å². The molecule has 3 rings (SSSR count). The van der Waals surface area contributed by atoms with Gasteiger partial charge in [-0.2, -0.15) is 0 Å². The van der Waals surface area contributed by atoms with Gasteiger partial charge in [-0.15, -0.1) is 10.2 Å². The molecule has 1 heterocycles. The Morgan fingerprint density at radius 3 is 2.38 bits per heavy atom. The average Bonchev–Trinajstić information content (AvgIpc) is 2.60. The van der Waals surface area contributed by atoms with Gasteiger partial charge in [-0.25, -0.2) is 0 Å². The van der Waals surface area contributed by atoms with Gasteiger partial charge in [0.1, 0.15) is 0 Å². The molecule has 0 aliphatic carbocycles. The smallest absolute Gasteiger partial charge is 0.256 e. The monoisotopic (exact) mass is 338 g/mol. The number of benzene rings is 2. The second-order valence-electron chi connectivity index (χ2n) is 5.21. The number of rotatable bonds is 4. The number of nitrogens with one attached hydrogen (secondary N) is 2. The molecular weight excluding hydrogens is 324 g/mol. The number of halogens is 1. The Kier molecular flexibility index (Phi) is 4.72. The fourth-order valence-corrected chi connectivity index (χ4v) is 2.28. The first-order chi connectivity index (χ1) is 11.6. The zero-order chi connectivity index (χ0) is 16.9. The Morgan fingerprint density at radius 1 is 0.958 bits per heavy atom. The SMILES string of the molecule is Cc1ccc(Cl)cc1Nc1ccc(NC(=O)c2ccccc2)nn1. The van der Waals surface area contributed by atoms with E-state index in [2.05, 4.69) is 20.8 Å². The minimum absolute atomic E-state index is 0.226. The molecule has 0 aliphatic heterocycles. The van der Waals surface area contributed by atoms with E-state index >= 15 is 0 Å².